The van der Waals surface area contributed by atoms with Crippen molar-refractivity contribution in [3.63, 3.8) is 0 Å². The molecule has 0 aliphatic rings. The Kier molecular flexibility index (Phi) is 4.64. The third kappa shape index (κ3) is 3.47. The number of nitrogens with zero attached hydrogens (tertiary/aromatic N) is 1. The number of hydrogen-bond acceptors (Lipinski definition) is 4. The third-order valence-corrected chi connectivity index (χ3v) is 6.01. The molecule has 0 radical (unpaired) electrons. The van der Waals surface area contributed by atoms with Gasteiger partial charge >= 0.3 is 0 Å². The Labute approximate surface area is 144 Å². The molecule has 0 saturated carbocycles. The Balaban J connectivity index is 1.93. The van der Waals surface area contributed by atoms with Crippen LogP contribution in [0.5, 0.6) is 0 Å². The van der Waals surface area contributed by atoms with Crippen LogP contribution in [0.15, 0.2) is 59.5 Å². The lowest BCUT2D eigenvalue weighted by molar-refractivity contribution is 0.599. The number of hydrogen-bond donors (Lipinski definition) is 1. The summed E-state index contributed by atoms with van der Waals surface area (Å²) >= 11 is 1.30. The SMILES string of the molecule is CCc1sc(NS(=O)(=O)c2ccc(F)cc2)nc1-c1ccccc1. The van der Waals surface area contributed by atoms with Gasteiger partial charge in [0.25, 0.3) is 10.0 Å². The topological polar surface area (TPSA) is 59.1 Å². The van der Waals surface area contributed by atoms with E-state index in [1.54, 1.807) is 0 Å². The van der Waals surface area contributed by atoms with E-state index in [9.17, 15) is 12.8 Å². The lowest BCUT2D eigenvalue weighted by atomic mass is 10.1. The van der Waals surface area contributed by atoms with Gasteiger partial charge in [0.05, 0.1) is 10.6 Å². The molecule has 3 rings (SSSR count). The number of aromatic nitrogens is 1. The second-order valence-corrected chi connectivity index (χ2v) is 7.84. The zero-order valence-electron chi connectivity index (χ0n) is 12.9. The maximum atomic E-state index is 13.0. The molecule has 124 valence electrons. The highest BCUT2D eigenvalue weighted by atomic mass is 32.2. The van der Waals surface area contributed by atoms with E-state index in [1.165, 1.54) is 23.5 Å². The Morgan fingerprint density at radius 2 is 1.75 bits per heavy atom. The van der Waals surface area contributed by atoms with Crippen LogP contribution >= 0.6 is 11.3 Å². The predicted octanol–water partition coefficient (Wildman–Crippen LogP) is 4.31. The Bertz CT molecular complexity index is 936. The summed E-state index contributed by atoms with van der Waals surface area (Å²) in [6.45, 7) is 2.00. The summed E-state index contributed by atoms with van der Waals surface area (Å²) in [7, 11) is -3.79. The van der Waals surface area contributed by atoms with Crippen molar-refractivity contribution >= 4 is 26.5 Å². The fourth-order valence-electron chi connectivity index (χ4n) is 2.24. The standard InChI is InChI=1S/C17H15FN2O2S2/c1-2-15-16(12-6-4-3-5-7-12)19-17(23-15)20-24(21,22)14-10-8-13(18)9-11-14/h3-11H,2H2,1H3,(H,19,20). The van der Waals surface area contributed by atoms with Crippen LogP contribution in [-0.4, -0.2) is 13.4 Å². The van der Waals surface area contributed by atoms with E-state index >= 15 is 0 Å². The van der Waals surface area contributed by atoms with Crippen molar-refractivity contribution in [2.45, 2.75) is 18.2 Å². The van der Waals surface area contributed by atoms with E-state index < -0.39 is 15.8 Å². The molecule has 0 atom stereocenters. The van der Waals surface area contributed by atoms with Gasteiger partial charge in [0.2, 0.25) is 0 Å². The molecule has 0 amide bonds. The van der Waals surface area contributed by atoms with Crippen LogP contribution in [0, 0.1) is 5.82 Å². The number of halogens is 1. The normalized spacial score (nSPS) is 11.4. The first-order valence-electron chi connectivity index (χ1n) is 7.33. The zero-order valence-corrected chi connectivity index (χ0v) is 14.5. The number of sulfonamides is 1. The summed E-state index contributed by atoms with van der Waals surface area (Å²) in [5, 5.41) is 0.301. The van der Waals surface area contributed by atoms with Gasteiger partial charge in [-0.15, -0.1) is 11.3 Å². The average Bonchev–Trinajstić information content (AvgIpc) is 2.98. The zero-order chi connectivity index (χ0) is 17.2. The molecule has 0 aliphatic carbocycles. The molecular weight excluding hydrogens is 347 g/mol. The highest BCUT2D eigenvalue weighted by molar-refractivity contribution is 7.93. The maximum Gasteiger partial charge on any atom is 0.263 e. The number of nitrogens with one attached hydrogen (secondary N) is 1. The molecule has 0 saturated heterocycles. The van der Waals surface area contributed by atoms with Crippen LogP contribution in [-0.2, 0) is 16.4 Å². The van der Waals surface area contributed by atoms with Gasteiger partial charge in [-0.05, 0) is 30.7 Å². The first-order chi connectivity index (χ1) is 11.5. The molecule has 0 fully saturated rings. The Hall–Kier alpha value is -2.25. The summed E-state index contributed by atoms with van der Waals surface area (Å²) < 4.78 is 40.2. The van der Waals surface area contributed by atoms with E-state index in [0.29, 0.717) is 5.13 Å². The molecule has 1 heterocycles. The van der Waals surface area contributed by atoms with Crippen molar-refractivity contribution in [1.29, 1.82) is 0 Å². The summed E-state index contributed by atoms with van der Waals surface area (Å²) in [5.74, 6) is -0.483. The summed E-state index contributed by atoms with van der Waals surface area (Å²) in [4.78, 5) is 5.43. The lowest BCUT2D eigenvalue weighted by Gasteiger charge is -2.04. The van der Waals surface area contributed by atoms with E-state index in [-0.39, 0.29) is 4.90 Å². The first-order valence-corrected chi connectivity index (χ1v) is 9.63. The van der Waals surface area contributed by atoms with Crippen LogP contribution in [0.2, 0.25) is 0 Å². The molecule has 24 heavy (non-hydrogen) atoms. The molecule has 0 aliphatic heterocycles. The van der Waals surface area contributed by atoms with Gasteiger partial charge in [0.15, 0.2) is 5.13 Å². The number of aryl methyl sites for hydroxylation is 1. The molecule has 0 unspecified atom stereocenters. The third-order valence-electron chi connectivity index (χ3n) is 3.41. The van der Waals surface area contributed by atoms with Crippen LogP contribution in [0.4, 0.5) is 9.52 Å². The van der Waals surface area contributed by atoms with Crippen molar-refractivity contribution in [3.8, 4) is 11.3 Å². The molecule has 2 aromatic carbocycles. The van der Waals surface area contributed by atoms with Crippen molar-refractivity contribution in [2.24, 2.45) is 0 Å². The maximum absolute atomic E-state index is 13.0. The highest BCUT2D eigenvalue weighted by Gasteiger charge is 2.18. The quantitative estimate of drug-likeness (QED) is 0.736. The lowest BCUT2D eigenvalue weighted by Crippen LogP contribution is -2.12. The number of rotatable bonds is 5. The fourth-order valence-corrected chi connectivity index (χ4v) is 4.40. The second-order valence-electron chi connectivity index (χ2n) is 5.07. The molecule has 1 aromatic heterocycles. The molecule has 0 bridgehead atoms. The van der Waals surface area contributed by atoms with Gasteiger partial charge in [0, 0.05) is 10.4 Å². The van der Waals surface area contributed by atoms with E-state index in [0.717, 1.165) is 34.7 Å². The van der Waals surface area contributed by atoms with Crippen molar-refractivity contribution in [2.75, 3.05) is 4.72 Å². The molecule has 0 spiro atoms. The molecule has 4 nitrogen and oxygen atoms in total. The Morgan fingerprint density at radius 1 is 1.08 bits per heavy atom. The van der Waals surface area contributed by atoms with E-state index in [2.05, 4.69) is 9.71 Å². The highest BCUT2D eigenvalue weighted by Crippen LogP contribution is 2.32. The summed E-state index contributed by atoms with van der Waals surface area (Å²) in [6.07, 6.45) is 0.750. The van der Waals surface area contributed by atoms with E-state index in [4.69, 9.17) is 0 Å². The molecular formula is C17H15FN2O2S2. The van der Waals surface area contributed by atoms with Crippen LogP contribution in [0.3, 0.4) is 0 Å². The first kappa shape index (κ1) is 16.6. The second kappa shape index (κ2) is 6.70. The smallest absolute Gasteiger partial charge is 0.255 e. The number of thiazole rings is 1. The van der Waals surface area contributed by atoms with Crippen LogP contribution < -0.4 is 4.72 Å². The van der Waals surface area contributed by atoms with Crippen molar-refractivity contribution in [3.05, 3.63) is 65.3 Å². The largest absolute Gasteiger partial charge is 0.263 e. The minimum Gasteiger partial charge on any atom is -0.255 e. The fraction of sp³-hybridized carbons (Fsp3) is 0.118. The number of benzene rings is 2. The average molecular weight is 362 g/mol. The molecule has 7 heteroatoms. The summed E-state index contributed by atoms with van der Waals surface area (Å²) in [6, 6.07) is 14.3. The minimum atomic E-state index is -3.79. The monoisotopic (exact) mass is 362 g/mol. The van der Waals surface area contributed by atoms with Crippen molar-refractivity contribution in [1.82, 2.24) is 4.98 Å². The predicted molar refractivity (Wildman–Crippen MR) is 94.1 cm³/mol. The van der Waals surface area contributed by atoms with Gasteiger partial charge in [0.1, 0.15) is 5.82 Å². The minimum absolute atomic E-state index is 0.00147. The van der Waals surface area contributed by atoms with Gasteiger partial charge in [-0.3, -0.25) is 4.72 Å². The molecule has 1 N–H and O–H groups in total. The van der Waals surface area contributed by atoms with Crippen molar-refractivity contribution < 1.29 is 12.8 Å². The van der Waals surface area contributed by atoms with Gasteiger partial charge in [-0.2, -0.15) is 0 Å². The molecule has 3 aromatic rings. The van der Waals surface area contributed by atoms with Gasteiger partial charge in [-0.25, -0.2) is 17.8 Å². The van der Waals surface area contributed by atoms with Gasteiger partial charge < -0.3 is 0 Å². The number of anilines is 1. The van der Waals surface area contributed by atoms with Gasteiger partial charge in [-0.1, -0.05) is 37.3 Å². The van der Waals surface area contributed by atoms with Crippen LogP contribution in [0.1, 0.15) is 11.8 Å². The van der Waals surface area contributed by atoms with Crippen LogP contribution in [0.25, 0.3) is 11.3 Å². The van der Waals surface area contributed by atoms with E-state index in [1.807, 2.05) is 37.3 Å². The summed E-state index contributed by atoms with van der Waals surface area (Å²) in [5.41, 5.74) is 1.72. The Morgan fingerprint density at radius 3 is 2.38 bits per heavy atom.